The van der Waals surface area contributed by atoms with Gasteiger partial charge in [0, 0.05) is 0 Å². The minimum Gasteiger partial charge on any atom is -0.394 e. The quantitative estimate of drug-likeness (QED) is 0.776. The Balaban J connectivity index is 2.46. The van der Waals surface area contributed by atoms with Crippen LogP contribution in [-0.2, 0) is 16.6 Å². The molecule has 0 fully saturated rings. The number of ether oxygens (including phenoxy) is 1. The summed E-state index contributed by atoms with van der Waals surface area (Å²) in [5.41, 5.74) is 2.85. The maximum atomic E-state index is 8.56. The molecule has 0 saturated heterocycles. The van der Waals surface area contributed by atoms with Gasteiger partial charge in [-0.15, -0.1) is 0 Å². The van der Waals surface area contributed by atoms with E-state index in [2.05, 4.69) is 45.0 Å². The zero-order chi connectivity index (χ0) is 12.0. The van der Waals surface area contributed by atoms with Crippen LogP contribution in [0.25, 0.3) is 0 Å². The van der Waals surface area contributed by atoms with Crippen LogP contribution in [0.2, 0.25) is 0 Å². The molecule has 0 atom stereocenters. The van der Waals surface area contributed by atoms with E-state index in [9.17, 15) is 0 Å². The first-order chi connectivity index (χ1) is 7.54. The zero-order valence-electron chi connectivity index (χ0n) is 10.5. The van der Waals surface area contributed by atoms with E-state index in [-0.39, 0.29) is 12.0 Å². The largest absolute Gasteiger partial charge is 0.394 e. The van der Waals surface area contributed by atoms with Crippen molar-refractivity contribution < 1.29 is 9.84 Å². The van der Waals surface area contributed by atoms with E-state index >= 15 is 0 Å². The second-order valence-corrected chi connectivity index (χ2v) is 5.03. The SMILES string of the molecule is CC(C)(C)c1ccc(CCOCCO)cc1. The lowest BCUT2D eigenvalue weighted by molar-refractivity contribution is 0.0944. The van der Waals surface area contributed by atoms with Crippen LogP contribution in [0.3, 0.4) is 0 Å². The minimum atomic E-state index is 0.100. The Morgan fingerprint density at radius 2 is 1.69 bits per heavy atom. The monoisotopic (exact) mass is 222 g/mol. The van der Waals surface area contributed by atoms with Gasteiger partial charge in [-0.2, -0.15) is 0 Å². The van der Waals surface area contributed by atoms with Crippen LogP contribution in [0.1, 0.15) is 31.9 Å². The summed E-state index contributed by atoms with van der Waals surface area (Å²) in [4.78, 5) is 0. The third kappa shape index (κ3) is 4.33. The molecule has 0 amide bonds. The molecule has 16 heavy (non-hydrogen) atoms. The average Bonchev–Trinajstić information content (AvgIpc) is 2.24. The maximum absolute atomic E-state index is 8.56. The molecule has 0 aliphatic carbocycles. The topological polar surface area (TPSA) is 29.5 Å². The molecule has 1 aromatic rings. The van der Waals surface area contributed by atoms with E-state index < -0.39 is 0 Å². The molecule has 0 bridgehead atoms. The molecule has 0 radical (unpaired) electrons. The Kier molecular flexibility index (Phi) is 4.97. The van der Waals surface area contributed by atoms with Gasteiger partial charge in [0.1, 0.15) is 0 Å². The van der Waals surface area contributed by atoms with E-state index in [0.717, 1.165) is 6.42 Å². The Bertz CT molecular complexity index is 296. The molecule has 0 heterocycles. The van der Waals surface area contributed by atoms with Gasteiger partial charge < -0.3 is 9.84 Å². The minimum absolute atomic E-state index is 0.100. The van der Waals surface area contributed by atoms with Gasteiger partial charge >= 0.3 is 0 Å². The van der Waals surface area contributed by atoms with Crippen LogP contribution in [-0.4, -0.2) is 24.9 Å². The van der Waals surface area contributed by atoms with Crippen molar-refractivity contribution in [1.82, 2.24) is 0 Å². The first kappa shape index (κ1) is 13.2. The summed E-state index contributed by atoms with van der Waals surface area (Å²) in [6.45, 7) is 7.85. The van der Waals surface area contributed by atoms with E-state index in [1.165, 1.54) is 11.1 Å². The highest BCUT2D eigenvalue weighted by Gasteiger charge is 2.12. The van der Waals surface area contributed by atoms with Gasteiger partial charge in [-0.1, -0.05) is 45.0 Å². The summed E-state index contributed by atoms with van der Waals surface area (Å²) in [6, 6.07) is 8.68. The standard InChI is InChI=1S/C14H22O2/c1-14(2,3)13-6-4-12(5-7-13)8-10-16-11-9-15/h4-7,15H,8-11H2,1-3H3. The van der Waals surface area contributed by atoms with Crippen molar-refractivity contribution in [3.63, 3.8) is 0 Å². The fraction of sp³-hybridized carbons (Fsp3) is 0.571. The van der Waals surface area contributed by atoms with E-state index in [0.29, 0.717) is 13.2 Å². The van der Waals surface area contributed by atoms with Gasteiger partial charge in [0.05, 0.1) is 19.8 Å². The number of benzene rings is 1. The van der Waals surface area contributed by atoms with Crippen LogP contribution in [0.15, 0.2) is 24.3 Å². The van der Waals surface area contributed by atoms with Crippen molar-refractivity contribution in [2.24, 2.45) is 0 Å². The molecule has 1 rings (SSSR count). The van der Waals surface area contributed by atoms with Crippen molar-refractivity contribution in [2.75, 3.05) is 19.8 Å². The number of hydrogen-bond acceptors (Lipinski definition) is 2. The molecule has 90 valence electrons. The lowest BCUT2D eigenvalue weighted by Crippen LogP contribution is -2.11. The zero-order valence-corrected chi connectivity index (χ0v) is 10.5. The first-order valence-electron chi connectivity index (χ1n) is 5.82. The summed E-state index contributed by atoms with van der Waals surface area (Å²) < 4.78 is 5.23. The third-order valence-corrected chi connectivity index (χ3v) is 2.59. The molecule has 0 unspecified atom stereocenters. The highest BCUT2D eigenvalue weighted by atomic mass is 16.5. The number of rotatable bonds is 5. The van der Waals surface area contributed by atoms with Gasteiger partial charge in [0.2, 0.25) is 0 Å². The molecular weight excluding hydrogens is 200 g/mol. The number of hydrogen-bond donors (Lipinski definition) is 1. The molecule has 0 saturated carbocycles. The fourth-order valence-corrected chi connectivity index (χ4v) is 1.53. The van der Waals surface area contributed by atoms with E-state index in [4.69, 9.17) is 9.84 Å². The molecule has 1 N–H and O–H groups in total. The highest BCUT2D eigenvalue weighted by Crippen LogP contribution is 2.22. The van der Waals surface area contributed by atoms with Crippen LogP contribution in [0.4, 0.5) is 0 Å². The van der Waals surface area contributed by atoms with E-state index in [1.807, 2.05) is 0 Å². The summed E-state index contributed by atoms with van der Waals surface area (Å²) in [5, 5.41) is 8.56. The molecule has 0 aromatic heterocycles. The smallest absolute Gasteiger partial charge is 0.0697 e. The van der Waals surface area contributed by atoms with Crippen molar-refractivity contribution >= 4 is 0 Å². The number of aliphatic hydroxyl groups excluding tert-OH is 1. The highest BCUT2D eigenvalue weighted by molar-refractivity contribution is 5.27. The van der Waals surface area contributed by atoms with Crippen LogP contribution in [0.5, 0.6) is 0 Å². The molecule has 1 aromatic carbocycles. The van der Waals surface area contributed by atoms with Crippen molar-refractivity contribution in [3.05, 3.63) is 35.4 Å². The molecule has 0 spiro atoms. The van der Waals surface area contributed by atoms with Gasteiger partial charge in [0.25, 0.3) is 0 Å². The third-order valence-electron chi connectivity index (χ3n) is 2.59. The lowest BCUT2D eigenvalue weighted by atomic mass is 9.86. The summed E-state index contributed by atoms with van der Waals surface area (Å²) in [6.07, 6.45) is 0.907. The summed E-state index contributed by atoms with van der Waals surface area (Å²) >= 11 is 0. The second kappa shape index (κ2) is 6.02. The number of aliphatic hydroxyl groups is 1. The van der Waals surface area contributed by atoms with E-state index in [1.54, 1.807) is 0 Å². The van der Waals surface area contributed by atoms with Gasteiger partial charge in [0.15, 0.2) is 0 Å². The first-order valence-corrected chi connectivity index (χ1v) is 5.82. The summed E-state index contributed by atoms with van der Waals surface area (Å²) in [7, 11) is 0. The molecule has 0 aliphatic heterocycles. The van der Waals surface area contributed by atoms with Crippen molar-refractivity contribution in [2.45, 2.75) is 32.6 Å². The van der Waals surface area contributed by atoms with Gasteiger partial charge in [-0.25, -0.2) is 0 Å². The molecule has 2 heteroatoms. The second-order valence-electron chi connectivity index (χ2n) is 5.03. The van der Waals surface area contributed by atoms with Gasteiger partial charge in [-0.05, 0) is 23.0 Å². The Labute approximate surface area is 98.3 Å². The van der Waals surface area contributed by atoms with Crippen LogP contribution >= 0.6 is 0 Å². The fourth-order valence-electron chi connectivity index (χ4n) is 1.53. The predicted octanol–water partition coefficient (Wildman–Crippen LogP) is 2.54. The Morgan fingerprint density at radius 1 is 1.06 bits per heavy atom. The summed E-state index contributed by atoms with van der Waals surface area (Å²) in [5.74, 6) is 0. The Hall–Kier alpha value is -0.860. The van der Waals surface area contributed by atoms with Gasteiger partial charge in [-0.3, -0.25) is 0 Å². The normalized spacial score (nSPS) is 11.8. The van der Waals surface area contributed by atoms with Crippen molar-refractivity contribution in [3.8, 4) is 0 Å². The molecule has 2 nitrogen and oxygen atoms in total. The lowest BCUT2D eigenvalue weighted by Gasteiger charge is -2.19. The van der Waals surface area contributed by atoms with Crippen LogP contribution < -0.4 is 0 Å². The molecular formula is C14H22O2. The van der Waals surface area contributed by atoms with Crippen LogP contribution in [0, 0.1) is 0 Å². The van der Waals surface area contributed by atoms with Crippen molar-refractivity contribution in [1.29, 1.82) is 0 Å². The predicted molar refractivity (Wildman–Crippen MR) is 66.8 cm³/mol. The average molecular weight is 222 g/mol. The Morgan fingerprint density at radius 3 is 2.19 bits per heavy atom. The molecule has 0 aliphatic rings. The maximum Gasteiger partial charge on any atom is 0.0697 e.